The molecule has 0 saturated heterocycles. The lowest BCUT2D eigenvalue weighted by atomic mass is 10.2. The summed E-state index contributed by atoms with van der Waals surface area (Å²) in [5.74, 6) is 0.286. The molecule has 4 rings (SSSR count). The highest BCUT2D eigenvalue weighted by Crippen LogP contribution is 2.14. The van der Waals surface area contributed by atoms with Crippen molar-refractivity contribution in [3.8, 4) is 11.4 Å². The topological polar surface area (TPSA) is 107 Å². The molecular formula is C14H11FN8O. The van der Waals surface area contributed by atoms with E-state index < -0.39 is 0 Å². The van der Waals surface area contributed by atoms with Crippen LogP contribution in [-0.2, 0) is 13.6 Å². The van der Waals surface area contributed by atoms with Gasteiger partial charge >= 0.3 is 0 Å². The second-order valence-corrected chi connectivity index (χ2v) is 5.17. The third-order valence-corrected chi connectivity index (χ3v) is 3.48. The molecule has 10 heteroatoms. The number of halogens is 1. The molecule has 3 aromatic heterocycles. The van der Waals surface area contributed by atoms with Crippen LogP contribution < -0.4 is 5.56 Å². The van der Waals surface area contributed by atoms with E-state index in [2.05, 4.69) is 30.5 Å². The van der Waals surface area contributed by atoms with E-state index >= 15 is 0 Å². The van der Waals surface area contributed by atoms with E-state index in [1.807, 2.05) is 0 Å². The van der Waals surface area contributed by atoms with E-state index in [0.29, 0.717) is 28.2 Å². The van der Waals surface area contributed by atoms with Gasteiger partial charge in [-0.05, 0) is 17.3 Å². The predicted octanol–water partition coefficient (Wildman–Crippen LogP) is 0.497. The number of aromatic amines is 1. The normalized spacial score (nSPS) is 11.2. The lowest BCUT2D eigenvalue weighted by molar-refractivity contribution is 0.554. The number of nitrogens with one attached hydrogen (secondary N) is 1. The minimum atomic E-state index is -0.378. The Morgan fingerprint density at radius 1 is 1.33 bits per heavy atom. The van der Waals surface area contributed by atoms with Crippen molar-refractivity contribution in [2.75, 3.05) is 0 Å². The minimum Gasteiger partial charge on any atom is -0.308 e. The maximum atomic E-state index is 13.3. The molecule has 9 nitrogen and oxygen atoms in total. The van der Waals surface area contributed by atoms with Crippen LogP contribution in [0.5, 0.6) is 0 Å². The van der Waals surface area contributed by atoms with Gasteiger partial charge in [-0.3, -0.25) is 9.48 Å². The highest BCUT2D eigenvalue weighted by atomic mass is 19.1. The number of hydrogen-bond acceptors (Lipinski definition) is 6. The Balaban J connectivity index is 1.67. The maximum Gasteiger partial charge on any atom is 0.262 e. The van der Waals surface area contributed by atoms with Crippen LogP contribution in [0.3, 0.4) is 0 Å². The summed E-state index contributed by atoms with van der Waals surface area (Å²) in [4.78, 5) is 20.3. The average molecular weight is 326 g/mol. The molecule has 0 aliphatic carbocycles. The fourth-order valence-corrected chi connectivity index (χ4v) is 2.34. The first-order valence-corrected chi connectivity index (χ1v) is 7.05. The van der Waals surface area contributed by atoms with Crippen LogP contribution in [0.4, 0.5) is 4.39 Å². The Bertz CT molecular complexity index is 1100. The van der Waals surface area contributed by atoms with Crippen LogP contribution in [0.1, 0.15) is 5.82 Å². The molecule has 0 aliphatic heterocycles. The Morgan fingerprint density at radius 2 is 2.21 bits per heavy atom. The largest absolute Gasteiger partial charge is 0.308 e. The molecule has 0 aliphatic rings. The van der Waals surface area contributed by atoms with Gasteiger partial charge in [-0.1, -0.05) is 12.1 Å². The molecule has 1 aromatic carbocycles. The molecule has 120 valence electrons. The van der Waals surface area contributed by atoms with E-state index in [-0.39, 0.29) is 17.9 Å². The number of hydrogen-bond donors (Lipinski definition) is 1. The highest BCUT2D eigenvalue weighted by Gasteiger charge is 2.11. The number of rotatable bonds is 3. The lowest BCUT2D eigenvalue weighted by Crippen LogP contribution is -2.16. The number of nitrogens with zero attached hydrogens (tertiary/aromatic N) is 7. The second kappa shape index (κ2) is 5.33. The zero-order valence-corrected chi connectivity index (χ0v) is 12.5. The molecule has 0 spiro atoms. The first-order valence-electron chi connectivity index (χ1n) is 7.05. The molecule has 0 unspecified atom stereocenters. The van der Waals surface area contributed by atoms with Crippen LogP contribution in [0, 0.1) is 5.82 Å². The second-order valence-electron chi connectivity index (χ2n) is 5.17. The van der Waals surface area contributed by atoms with Crippen molar-refractivity contribution in [2.45, 2.75) is 6.54 Å². The lowest BCUT2D eigenvalue weighted by Gasteiger charge is -2.00. The predicted molar refractivity (Wildman–Crippen MR) is 81.4 cm³/mol. The average Bonchev–Trinajstić information content (AvgIpc) is 3.16. The Morgan fingerprint density at radius 3 is 3.04 bits per heavy atom. The molecular weight excluding hydrogens is 315 g/mol. The standard InChI is InChI=1S/C14H11FN8O/c1-22-13-10(6-16-22)14(24)18-11(17-13)7-23-20-12(19-21-23)8-3-2-4-9(15)5-8/h2-6H,7H2,1H3,(H,17,18,24). The van der Waals surface area contributed by atoms with E-state index in [0.717, 1.165) is 0 Å². The van der Waals surface area contributed by atoms with Crippen LogP contribution in [-0.4, -0.2) is 40.0 Å². The summed E-state index contributed by atoms with van der Waals surface area (Å²) in [5, 5.41) is 16.4. The van der Waals surface area contributed by atoms with Gasteiger partial charge in [0, 0.05) is 12.6 Å². The summed E-state index contributed by atoms with van der Waals surface area (Å²) in [7, 11) is 1.70. The quantitative estimate of drug-likeness (QED) is 0.587. The smallest absolute Gasteiger partial charge is 0.262 e. The molecule has 1 N–H and O–H groups in total. The summed E-state index contributed by atoms with van der Waals surface area (Å²) in [6.07, 6.45) is 1.46. The summed E-state index contributed by atoms with van der Waals surface area (Å²) >= 11 is 0. The zero-order chi connectivity index (χ0) is 16.7. The number of H-pyrrole nitrogens is 1. The Hall–Kier alpha value is -3.43. The highest BCUT2D eigenvalue weighted by molar-refractivity contribution is 5.72. The van der Waals surface area contributed by atoms with Crippen LogP contribution in [0.15, 0.2) is 35.3 Å². The van der Waals surface area contributed by atoms with Gasteiger partial charge in [0.05, 0.1) is 6.20 Å². The van der Waals surface area contributed by atoms with Crippen molar-refractivity contribution >= 4 is 11.0 Å². The minimum absolute atomic E-state index is 0.124. The van der Waals surface area contributed by atoms with Gasteiger partial charge in [-0.15, -0.1) is 10.2 Å². The third-order valence-electron chi connectivity index (χ3n) is 3.48. The van der Waals surface area contributed by atoms with Crippen molar-refractivity contribution in [2.24, 2.45) is 7.05 Å². The Labute approximate surface area is 133 Å². The first kappa shape index (κ1) is 14.2. The monoisotopic (exact) mass is 326 g/mol. The molecule has 0 atom stereocenters. The van der Waals surface area contributed by atoms with Gasteiger partial charge in [0.1, 0.15) is 23.6 Å². The van der Waals surface area contributed by atoms with Gasteiger partial charge < -0.3 is 4.98 Å². The molecule has 3 heterocycles. The van der Waals surface area contributed by atoms with Crippen LogP contribution >= 0.6 is 0 Å². The number of aryl methyl sites for hydroxylation is 1. The van der Waals surface area contributed by atoms with Gasteiger partial charge in [0.15, 0.2) is 5.65 Å². The van der Waals surface area contributed by atoms with E-state index in [9.17, 15) is 9.18 Å². The number of aromatic nitrogens is 8. The van der Waals surface area contributed by atoms with Crippen molar-refractivity contribution < 1.29 is 4.39 Å². The number of tetrazole rings is 1. The van der Waals surface area contributed by atoms with Gasteiger partial charge in [0.2, 0.25) is 5.82 Å². The maximum absolute atomic E-state index is 13.3. The zero-order valence-electron chi connectivity index (χ0n) is 12.5. The molecule has 0 saturated carbocycles. The SMILES string of the molecule is Cn1ncc2c(=O)[nH]c(Cn3nnc(-c4cccc(F)c4)n3)nc21. The third kappa shape index (κ3) is 2.43. The molecule has 0 radical (unpaired) electrons. The van der Waals surface area contributed by atoms with Crippen molar-refractivity contribution in [3.63, 3.8) is 0 Å². The molecule has 0 fully saturated rings. The molecule has 0 amide bonds. The van der Waals surface area contributed by atoms with Gasteiger partial charge in [0.25, 0.3) is 5.56 Å². The van der Waals surface area contributed by atoms with E-state index in [4.69, 9.17) is 0 Å². The van der Waals surface area contributed by atoms with Crippen molar-refractivity contribution in [3.05, 3.63) is 52.5 Å². The molecule has 24 heavy (non-hydrogen) atoms. The fraction of sp³-hybridized carbons (Fsp3) is 0.143. The van der Waals surface area contributed by atoms with Gasteiger partial charge in [-0.2, -0.15) is 9.90 Å². The van der Waals surface area contributed by atoms with Gasteiger partial charge in [-0.25, -0.2) is 9.37 Å². The summed E-state index contributed by atoms with van der Waals surface area (Å²) in [6.45, 7) is 0.124. The number of fused-ring (bicyclic) bond motifs is 1. The summed E-state index contributed by atoms with van der Waals surface area (Å²) in [6, 6.07) is 5.92. The first-order chi connectivity index (χ1) is 11.6. The molecule has 0 bridgehead atoms. The van der Waals surface area contributed by atoms with E-state index in [1.165, 1.54) is 27.8 Å². The summed E-state index contributed by atoms with van der Waals surface area (Å²) in [5.41, 5.74) is 0.706. The van der Waals surface area contributed by atoms with Crippen LogP contribution in [0.2, 0.25) is 0 Å². The fourth-order valence-electron chi connectivity index (χ4n) is 2.34. The van der Waals surface area contributed by atoms with Crippen molar-refractivity contribution in [1.29, 1.82) is 0 Å². The Kier molecular flexibility index (Phi) is 3.15. The summed E-state index contributed by atoms with van der Waals surface area (Å²) < 4.78 is 14.8. The van der Waals surface area contributed by atoms with Crippen molar-refractivity contribution in [1.82, 2.24) is 40.0 Å². The number of benzene rings is 1. The molecule has 4 aromatic rings. The van der Waals surface area contributed by atoms with Crippen LogP contribution in [0.25, 0.3) is 22.4 Å². The van der Waals surface area contributed by atoms with E-state index in [1.54, 1.807) is 19.2 Å².